The summed E-state index contributed by atoms with van der Waals surface area (Å²) < 4.78 is 12.6. The number of aliphatic hydroxyl groups is 1. The summed E-state index contributed by atoms with van der Waals surface area (Å²) in [5, 5.41) is 8.94. The predicted octanol–water partition coefficient (Wildman–Crippen LogP) is 1.03. The van der Waals surface area contributed by atoms with Gasteiger partial charge in [0.05, 0.1) is 14.0 Å². The highest BCUT2D eigenvalue weighted by molar-refractivity contribution is 5.70. The molecule has 0 bridgehead atoms. The molecular formula is C11H14NO3+. The molecule has 4 nitrogen and oxygen atoms in total. The van der Waals surface area contributed by atoms with E-state index in [0.29, 0.717) is 6.54 Å². The second kappa shape index (κ2) is 3.90. The summed E-state index contributed by atoms with van der Waals surface area (Å²) in [5.41, 5.74) is 1.75. The van der Waals surface area contributed by atoms with E-state index in [1.165, 1.54) is 0 Å². The third-order valence-electron chi connectivity index (χ3n) is 2.42. The number of ether oxygens (including phenoxy) is 1. The third kappa shape index (κ3) is 1.68. The van der Waals surface area contributed by atoms with Crippen LogP contribution in [0.3, 0.4) is 0 Å². The van der Waals surface area contributed by atoms with E-state index in [2.05, 4.69) is 0 Å². The number of methoxy groups -OCH3 is 1. The lowest BCUT2D eigenvalue weighted by atomic mass is 10.3. The monoisotopic (exact) mass is 208 g/mol. The summed E-state index contributed by atoms with van der Waals surface area (Å²) in [4.78, 5) is 0. The van der Waals surface area contributed by atoms with Crippen LogP contribution >= 0.6 is 0 Å². The molecule has 0 aliphatic heterocycles. The van der Waals surface area contributed by atoms with Gasteiger partial charge in [0.2, 0.25) is 5.58 Å². The van der Waals surface area contributed by atoms with Gasteiger partial charge in [0.25, 0.3) is 5.52 Å². The minimum atomic E-state index is 0.103. The van der Waals surface area contributed by atoms with Gasteiger partial charge in [-0.15, -0.1) is 0 Å². The van der Waals surface area contributed by atoms with Gasteiger partial charge in [0.1, 0.15) is 12.4 Å². The molecule has 80 valence electrons. The van der Waals surface area contributed by atoms with E-state index in [-0.39, 0.29) is 6.61 Å². The first-order chi connectivity index (χ1) is 7.26. The van der Waals surface area contributed by atoms with E-state index in [4.69, 9.17) is 14.3 Å². The number of rotatable bonds is 3. The molecule has 0 amide bonds. The van der Waals surface area contributed by atoms with Crippen LogP contribution < -0.4 is 9.30 Å². The molecule has 1 heterocycles. The molecule has 2 rings (SSSR count). The Hall–Kier alpha value is -1.55. The van der Waals surface area contributed by atoms with Crippen molar-refractivity contribution in [3.05, 3.63) is 24.1 Å². The van der Waals surface area contributed by atoms with Crippen molar-refractivity contribution in [2.24, 2.45) is 0 Å². The molecule has 0 saturated carbocycles. The fourth-order valence-corrected chi connectivity index (χ4v) is 1.69. The second-order valence-corrected chi connectivity index (χ2v) is 3.33. The maximum atomic E-state index is 8.94. The average molecular weight is 208 g/mol. The summed E-state index contributed by atoms with van der Waals surface area (Å²) in [6.07, 6.45) is 0. The maximum absolute atomic E-state index is 8.94. The van der Waals surface area contributed by atoms with E-state index in [1.54, 1.807) is 7.11 Å². The Morgan fingerprint density at radius 1 is 1.47 bits per heavy atom. The minimum Gasteiger partial charge on any atom is -0.497 e. The highest BCUT2D eigenvalue weighted by atomic mass is 16.5. The Kier molecular flexibility index (Phi) is 2.60. The summed E-state index contributed by atoms with van der Waals surface area (Å²) in [7, 11) is 1.62. The molecule has 0 spiro atoms. The lowest BCUT2D eigenvalue weighted by Gasteiger charge is -1.95. The van der Waals surface area contributed by atoms with Gasteiger partial charge in [0, 0.05) is 12.1 Å². The summed E-state index contributed by atoms with van der Waals surface area (Å²) in [5.74, 6) is 1.56. The zero-order valence-corrected chi connectivity index (χ0v) is 8.86. The lowest BCUT2D eigenvalue weighted by Crippen LogP contribution is -2.36. The molecule has 0 aliphatic rings. The van der Waals surface area contributed by atoms with Crippen LogP contribution in [0.25, 0.3) is 11.1 Å². The molecular weight excluding hydrogens is 194 g/mol. The molecule has 15 heavy (non-hydrogen) atoms. The van der Waals surface area contributed by atoms with E-state index < -0.39 is 0 Å². The topological polar surface area (TPSA) is 46.5 Å². The molecule has 1 N–H and O–H groups in total. The fourth-order valence-electron chi connectivity index (χ4n) is 1.69. The smallest absolute Gasteiger partial charge is 0.344 e. The van der Waals surface area contributed by atoms with Crippen LogP contribution in [0.2, 0.25) is 0 Å². The van der Waals surface area contributed by atoms with Gasteiger partial charge in [0.15, 0.2) is 6.54 Å². The van der Waals surface area contributed by atoms with Gasteiger partial charge >= 0.3 is 5.89 Å². The second-order valence-electron chi connectivity index (χ2n) is 3.33. The number of aryl methyl sites for hydroxylation is 1. The third-order valence-corrected chi connectivity index (χ3v) is 2.42. The number of benzene rings is 1. The van der Waals surface area contributed by atoms with Crippen molar-refractivity contribution in [1.82, 2.24) is 0 Å². The molecule has 0 unspecified atom stereocenters. The molecule has 0 saturated heterocycles. The largest absolute Gasteiger partial charge is 0.497 e. The Bertz CT molecular complexity index is 476. The van der Waals surface area contributed by atoms with E-state index in [0.717, 1.165) is 22.7 Å². The van der Waals surface area contributed by atoms with Crippen LogP contribution in [-0.4, -0.2) is 18.8 Å². The minimum absolute atomic E-state index is 0.103. The quantitative estimate of drug-likeness (QED) is 0.766. The number of aromatic nitrogens is 1. The Balaban J connectivity index is 2.58. The Morgan fingerprint density at radius 2 is 2.27 bits per heavy atom. The fraction of sp³-hybridized carbons (Fsp3) is 0.364. The summed E-state index contributed by atoms with van der Waals surface area (Å²) in [6.45, 7) is 2.53. The Labute approximate surface area is 87.7 Å². The molecule has 0 aliphatic carbocycles. The van der Waals surface area contributed by atoms with Crippen molar-refractivity contribution < 1.29 is 18.8 Å². The van der Waals surface area contributed by atoms with Gasteiger partial charge in [-0.05, 0) is 6.07 Å². The van der Waals surface area contributed by atoms with Crippen LogP contribution in [0.4, 0.5) is 0 Å². The standard InChI is InChI=1S/C11H14NO3/c1-8-12(5-6-13)10-4-3-9(14-2)7-11(10)15-8/h3-4,7,13H,5-6H2,1-2H3/q+1. The van der Waals surface area contributed by atoms with Crippen molar-refractivity contribution in [3.63, 3.8) is 0 Å². The lowest BCUT2D eigenvalue weighted by molar-refractivity contribution is -0.684. The van der Waals surface area contributed by atoms with Crippen molar-refractivity contribution in [1.29, 1.82) is 0 Å². The van der Waals surface area contributed by atoms with Crippen molar-refractivity contribution in [2.45, 2.75) is 13.5 Å². The highest BCUT2D eigenvalue weighted by Crippen LogP contribution is 2.19. The number of nitrogens with zero attached hydrogens (tertiary/aromatic N) is 1. The van der Waals surface area contributed by atoms with Crippen LogP contribution in [0, 0.1) is 6.92 Å². The van der Waals surface area contributed by atoms with E-state index in [9.17, 15) is 0 Å². The molecule has 4 heteroatoms. The van der Waals surface area contributed by atoms with Gasteiger partial charge in [-0.1, -0.05) is 0 Å². The predicted molar refractivity (Wildman–Crippen MR) is 54.8 cm³/mol. The van der Waals surface area contributed by atoms with Gasteiger partial charge < -0.3 is 14.3 Å². The first kappa shape index (κ1) is 9.98. The van der Waals surface area contributed by atoms with Gasteiger partial charge in [-0.3, -0.25) is 0 Å². The number of hydrogen-bond donors (Lipinski definition) is 1. The van der Waals surface area contributed by atoms with Crippen LogP contribution in [0.15, 0.2) is 22.6 Å². The molecule has 0 atom stereocenters. The number of hydrogen-bond acceptors (Lipinski definition) is 3. The normalized spacial score (nSPS) is 10.9. The molecule has 0 radical (unpaired) electrons. The number of oxazole rings is 1. The molecule has 1 aromatic heterocycles. The highest BCUT2D eigenvalue weighted by Gasteiger charge is 2.18. The average Bonchev–Trinajstić information content (AvgIpc) is 2.55. The van der Waals surface area contributed by atoms with Crippen molar-refractivity contribution in [2.75, 3.05) is 13.7 Å². The van der Waals surface area contributed by atoms with Crippen LogP contribution in [0.1, 0.15) is 5.89 Å². The van der Waals surface area contributed by atoms with Crippen LogP contribution in [-0.2, 0) is 6.54 Å². The molecule has 0 fully saturated rings. The van der Waals surface area contributed by atoms with Crippen LogP contribution in [0.5, 0.6) is 5.75 Å². The Morgan fingerprint density at radius 3 is 2.93 bits per heavy atom. The zero-order chi connectivity index (χ0) is 10.8. The first-order valence-corrected chi connectivity index (χ1v) is 4.84. The number of aliphatic hydroxyl groups excluding tert-OH is 1. The number of fused-ring (bicyclic) bond motifs is 1. The summed E-state index contributed by atoms with van der Waals surface area (Å²) >= 11 is 0. The molecule has 2 aromatic rings. The van der Waals surface area contributed by atoms with Gasteiger partial charge in [-0.25, -0.2) is 0 Å². The van der Waals surface area contributed by atoms with Crippen molar-refractivity contribution >= 4 is 11.1 Å². The zero-order valence-electron chi connectivity index (χ0n) is 8.86. The molecule has 1 aromatic carbocycles. The van der Waals surface area contributed by atoms with E-state index in [1.807, 2.05) is 29.7 Å². The summed E-state index contributed by atoms with van der Waals surface area (Å²) in [6, 6.07) is 5.65. The van der Waals surface area contributed by atoms with Gasteiger partial charge in [-0.2, -0.15) is 4.57 Å². The SMILES string of the molecule is COc1ccc2c(c1)oc(C)[n+]2CCO. The van der Waals surface area contributed by atoms with Crippen molar-refractivity contribution in [3.8, 4) is 5.75 Å². The maximum Gasteiger partial charge on any atom is 0.344 e. The van der Waals surface area contributed by atoms with E-state index >= 15 is 0 Å². The first-order valence-electron chi connectivity index (χ1n) is 4.84.